The largest absolute Gasteiger partial charge is 0.507 e. The molecule has 0 spiro atoms. The summed E-state index contributed by atoms with van der Waals surface area (Å²) in [6.45, 7) is 8.59. The summed E-state index contributed by atoms with van der Waals surface area (Å²) < 4.78 is 17.0. The Bertz CT molecular complexity index is 1020. The summed E-state index contributed by atoms with van der Waals surface area (Å²) >= 11 is 0. The fourth-order valence-corrected chi connectivity index (χ4v) is 4.16. The molecule has 0 unspecified atom stereocenters. The number of ketones is 1. The van der Waals surface area contributed by atoms with E-state index in [1.807, 2.05) is 19.1 Å². The summed E-state index contributed by atoms with van der Waals surface area (Å²) in [5.74, 6) is 1.75. The highest BCUT2D eigenvalue weighted by Gasteiger charge is 2.34. The zero-order valence-corrected chi connectivity index (χ0v) is 20.4. The van der Waals surface area contributed by atoms with Crippen molar-refractivity contribution in [3.63, 3.8) is 0 Å². The third kappa shape index (κ3) is 5.33. The zero-order valence-electron chi connectivity index (χ0n) is 20.4. The quantitative estimate of drug-likeness (QED) is 0.438. The lowest BCUT2D eigenvalue weighted by atomic mass is 9.99. The van der Waals surface area contributed by atoms with Crippen LogP contribution < -0.4 is 14.2 Å². The molecule has 0 bridgehead atoms. The molecule has 2 aromatic rings. The van der Waals surface area contributed by atoms with Crippen molar-refractivity contribution in [2.45, 2.75) is 53.0 Å². The predicted molar refractivity (Wildman–Crippen MR) is 130 cm³/mol. The number of phenolic OH excluding ortho intramolecular Hbond substituents is 1. The number of nitrogens with zero attached hydrogens (tertiary/aromatic N) is 1. The molecule has 33 heavy (non-hydrogen) atoms. The van der Waals surface area contributed by atoms with Crippen LogP contribution in [0.15, 0.2) is 30.0 Å². The zero-order chi connectivity index (χ0) is 24.0. The fourth-order valence-electron chi connectivity index (χ4n) is 4.16. The average Bonchev–Trinajstić information content (AvgIpc) is 3.13. The molecule has 0 fully saturated rings. The minimum Gasteiger partial charge on any atom is -0.507 e. The number of hydrogen-bond donors (Lipinski definition) is 1. The minimum atomic E-state index is -0.192. The van der Waals surface area contributed by atoms with E-state index < -0.39 is 0 Å². The van der Waals surface area contributed by atoms with E-state index in [-0.39, 0.29) is 17.3 Å². The number of aromatic hydroxyl groups is 1. The molecule has 1 heterocycles. The van der Waals surface area contributed by atoms with Crippen molar-refractivity contribution >= 4 is 11.9 Å². The number of phenols is 1. The number of benzene rings is 2. The van der Waals surface area contributed by atoms with Gasteiger partial charge in [-0.3, -0.25) is 9.69 Å². The number of carbonyl (C=O) groups is 1. The van der Waals surface area contributed by atoms with Crippen molar-refractivity contribution in [3.05, 3.63) is 52.3 Å². The van der Waals surface area contributed by atoms with E-state index in [1.165, 1.54) is 0 Å². The SMILES string of the molecule is CCCCN(CCCC)Cc1c(O)cc(C)c2c1O/C(=C/c1cccc(OC)c1OC)C2=O. The van der Waals surface area contributed by atoms with Crippen molar-refractivity contribution in [3.8, 4) is 23.0 Å². The smallest absolute Gasteiger partial charge is 0.232 e. The second kappa shape index (κ2) is 11.2. The van der Waals surface area contributed by atoms with Gasteiger partial charge >= 0.3 is 0 Å². The number of rotatable bonds is 11. The first-order valence-corrected chi connectivity index (χ1v) is 11.7. The number of hydrogen-bond acceptors (Lipinski definition) is 6. The maximum absolute atomic E-state index is 13.3. The van der Waals surface area contributed by atoms with Gasteiger partial charge in [-0.05, 0) is 56.6 Å². The van der Waals surface area contributed by atoms with Gasteiger partial charge in [0.15, 0.2) is 17.3 Å². The predicted octanol–water partition coefficient (Wildman–Crippen LogP) is 5.74. The number of ether oxygens (including phenoxy) is 3. The Morgan fingerprint density at radius 2 is 1.79 bits per heavy atom. The first kappa shape index (κ1) is 24.6. The Balaban J connectivity index is 2.00. The molecule has 0 aromatic heterocycles. The lowest BCUT2D eigenvalue weighted by Crippen LogP contribution is -2.26. The molecule has 6 nitrogen and oxygen atoms in total. The summed E-state index contributed by atoms with van der Waals surface area (Å²) in [5.41, 5.74) is 2.56. The van der Waals surface area contributed by atoms with Crippen LogP contribution in [0.5, 0.6) is 23.0 Å². The van der Waals surface area contributed by atoms with Crippen LogP contribution in [-0.4, -0.2) is 43.1 Å². The Labute approximate surface area is 196 Å². The summed E-state index contributed by atoms with van der Waals surface area (Å²) in [5, 5.41) is 10.8. The van der Waals surface area contributed by atoms with Gasteiger partial charge < -0.3 is 19.3 Å². The average molecular weight is 454 g/mol. The molecule has 178 valence electrons. The van der Waals surface area contributed by atoms with E-state index >= 15 is 0 Å². The Morgan fingerprint density at radius 3 is 2.39 bits per heavy atom. The van der Waals surface area contributed by atoms with Crippen LogP contribution in [0, 0.1) is 6.92 Å². The highest BCUT2D eigenvalue weighted by atomic mass is 16.5. The minimum absolute atomic E-state index is 0.164. The maximum Gasteiger partial charge on any atom is 0.232 e. The maximum atomic E-state index is 13.3. The number of methoxy groups -OCH3 is 2. The second-order valence-corrected chi connectivity index (χ2v) is 8.40. The molecule has 3 rings (SSSR count). The number of aryl methyl sites for hydroxylation is 1. The second-order valence-electron chi connectivity index (χ2n) is 8.40. The molecule has 2 aromatic carbocycles. The topological polar surface area (TPSA) is 68.2 Å². The summed E-state index contributed by atoms with van der Waals surface area (Å²) in [7, 11) is 3.14. The molecule has 0 radical (unpaired) electrons. The standard InChI is InChI=1S/C27H35NO5/c1-6-8-13-28(14-9-7-2)17-20-21(29)15-18(3)24-25(30)23(33-27(20)24)16-19-11-10-12-22(31-4)26(19)32-5/h10-12,15-16,29H,6-9,13-14,17H2,1-5H3/b23-16+. The first-order chi connectivity index (χ1) is 15.9. The van der Waals surface area contributed by atoms with Gasteiger partial charge in [0.1, 0.15) is 11.5 Å². The first-order valence-electron chi connectivity index (χ1n) is 11.7. The van der Waals surface area contributed by atoms with E-state index in [9.17, 15) is 9.90 Å². The molecular formula is C27H35NO5. The van der Waals surface area contributed by atoms with Crippen LogP contribution in [0.25, 0.3) is 6.08 Å². The van der Waals surface area contributed by atoms with Gasteiger partial charge in [0, 0.05) is 12.1 Å². The van der Waals surface area contributed by atoms with Crippen molar-refractivity contribution in [2.24, 2.45) is 0 Å². The van der Waals surface area contributed by atoms with Gasteiger partial charge in [0.05, 0.1) is 25.3 Å². The fraction of sp³-hybridized carbons (Fsp3) is 0.444. The van der Waals surface area contributed by atoms with Crippen LogP contribution in [-0.2, 0) is 6.54 Å². The van der Waals surface area contributed by atoms with Gasteiger partial charge in [0.2, 0.25) is 5.78 Å². The van der Waals surface area contributed by atoms with Crippen LogP contribution in [0.1, 0.15) is 66.6 Å². The molecule has 1 aliphatic rings. The van der Waals surface area contributed by atoms with Crippen molar-refractivity contribution in [1.29, 1.82) is 0 Å². The number of unbranched alkanes of at least 4 members (excludes halogenated alkanes) is 2. The van der Waals surface area contributed by atoms with Gasteiger partial charge in [-0.2, -0.15) is 0 Å². The van der Waals surface area contributed by atoms with E-state index in [4.69, 9.17) is 14.2 Å². The van der Waals surface area contributed by atoms with Crippen LogP contribution in [0.4, 0.5) is 0 Å². The van der Waals surface area contributed by atoms with E-state index in [1.54, 1.807) is 32.4 Å². The molecule has 0 amide bonds. The molecule has 6 heteroatoms. The monoisotopic (exact) mass is 453 g/mol. The van der Waals surface area contributed by atoms with Gasteiger partial charge in [-0.15, -0.1) is 0 Å². The van der Waals surface area contributed by atoms with Crippen molar-refractivity contribution < 1.29 is 24.1 Å². The molecule has 1 N–H and O–H groups in total. The molecule has 0 atom stereocenters. The third-order valence-corrected chi connectivity index (χ3v) is 5.98. The number of carbonyl (C=O) groups excluding carboxylic acids is 1. The number of fused-ring (bicyclic) bond motifs is 1. The van der Waals surface area contributed by atoms with Crippen LogP contribution in [0.3, 0.4) is 0 Å². The summed E-state index contributed by atoms with van der Waals surface area (Å²) in [6, 6.07) is 7.15. The van der Waals surface area contributed by atoms with E-state index in [0.717, 1.165) is 38.8 Å². The third-order valence-electron chi connectivity index (χ3n) is 5.98. The molecular weight excluding hydrogens is 418 g/mol. The van der Waals surface area contributed by atoms with Crippen molar-refractivity contribution in [2.75, 3.05) is 27.3 Å². The number of Topliss-reactive ketones (excluding diaryl/α,β-unsaturated/α-hetero) is 1. The summed E-state index contributed by atoms with van der Waals surface area (Å²) in [4.78, 5) is 15.6. The van der Waals surface area contributed by atoms with Crippen molar-refractivity contribution in [1.82, 2.24) is 4.90 Å². The lowest BCUT2D eigenvalue weighted by Gasteiger charge is -2.23. The molecule has 0 saturated heterocycles. The Morgan fingerprint density at radius 1 is 1.09 bits per heavy atom. The molecule has 1 aliphatic heterocycles. The molecule has 0 aliphatic carbocycles. The summed E-state index contributed by atoms with van der Waals surface area (Å²) in [6.07, 6.45) is 6.05. The molecule has 0 saturated carbocycles. The highest BCUT2D eigenvalue weighted by molar-refractivity contribution is 6.16. The van der Waals surface area contributed by atoms with E-state index in [0.29, 0.717) is 46.0 Å². The van der Waals surface area contributed by atoms with E-state index in [2.05, 4.69) is 18.7 Å². The van der Waals surface area contributed by atoms with Gasteiger partial charge in [0.25, 0.3) is 0 Å². The number of allylic oxidation sites excluding steroid dienone is 1. The Hall–Kier alpha value is -2.99. The lowest BCUT2D eigenvalue weighted by molar-refractivity contribution is 0.101. The highest BCUT2D eigenvalue weighted by Crippen LogP contribution is 2.43. The number of para-hydroxylation sites is 1. The van der Waals surface area contributed by atoms with Gasteiger partial charge in [-0.1, -0.05) is 38.8 Å². The Kier molecular flexibility index (Phi) is 8.39. The van der Waals surface area contributed by atoms with Crippen LogP contribution in [0.2, 0.25) is 0 Å². The normalized spacial score (nSPS) is 14.0. The van der Waals surface area contributed by atoms with Gasteiger partial charge in [-0.25, -0.2) is 0 Å². The van der Waals surface area contributed by atoms with Crippen LogP contribution >= 0.6 is 0 Å².